The third-order valence-corrected chi connectivity index (χ3v) is 5.80. The number of ether oxygens (including phenoxy) is 1. The number of nitrogens with zero attached hydrogens (tertiary/aromatic N) is 3. The second kappa shape index (κ2) is 8.07. The van der Waals surface area contributed by atoms with Gasteiger partial charge in [0.2, 0.25) is 11.8 Å². The summed E-state index contributed by atoms with van der Waals surface area (Å²) in [6.45, 7) is 5.69. The highest BCUT2D eigenvalue weighted by molar-refractivity contribution is 6.02. The molecule has 0 N–H and O–H groups in total. The van der Waals surface area contributed by atoms with Gasteiger partial charge in [0.05, 0.1) is 7.11 Å². The van der Waals surface area contributed by atoms with E-state index in [1.165, 1.54) is 6.08 Å². The minimum atomic E-state index is -0.0967. The smallest absolute Gasteiger partial charge is 0.253 e. The Kier molecular flexibility index (Phi) is 5.34. The van der Waals surface area contributed by atoms with E-state index in [2.05, 4.69) is 11.6 Å². The lowest BCUT2D eigenvalue weighted by Crippen LogP contribution is -2.34. The molecule has 2 aliphatic heterocycles. The molecule has 0 spiro atoms. The van der Waals surface area contributed by atoms with Crippen LogP contribution in [0.1, 0.15) is 40.2 Å². The van der Waals surface area contributed by atoms with Crippen molar-refractivity contribution in [3.05, 3.63) is 65.9 Å². The van der Waals surface area contributed by atoms with E-state index >= 15 is 0 Å². The van der Waals surface area contributed by atoms with Crippen LogP contribution in [0.25, 0.3) is 0 Å². The number of anilines is 1. The molecule has 0 aliphatic carbocycles. The number of rotatable bonds is 4. The van der Waals surface area contributed by atoms with Crippen LogP contribution < -0.4 is 9.64 Å². The van der Waals surface area contributed by atoms with Crippen LogP contribution in [-0.2, 0) is 11.2 Å². The molecular weight excluding hydrogens is 366 g/mol. The fourth-order valence-electron chi connectivity index (χ4n) is 4.22. The van der Waals surface area contributed by atoms with Crippen LogP contribution in [0.15, 0.2) is 49.2 Å². The Morgan fingerprint density at radius 3 is 2.83 bits per heavy atom. The van der Waals surface area contributed by atoms with Gasteiger partial charge < -0.3 is 14.5 Å². The van der Waals surface area contributed by atoms with Crippen molar-refractivity contribution in [2.24, 2.45) is 0 Å². The highest BCUT2D eigenvalue weighted by Crippen LogP contribution is 2.31. The van der Waals surface area contributed by atoms with Crippen molar-refractivity contribution in [3.63, 3.8) is 0 Å². The van der Waals surface area contributed by atoms with Gasteiger partial charge in [-0.3, -0.25) is 9.59 Å². The highest BCUT2D eigenvalue weighted by Gasteiger charge is 2.29. The number of aryl methyl sites for hydroxylation is 1. The number of fused-ring (bicyclic) bond motifs is 1. The number of likely N-dealkylation sites (tertiary alicyclic amines) is 1. The lowest BCUT2D eigenvalue weighted by Gasteiger charge is -2.29. The first-order chi connectivity index (χ1) is 14.1. The third kappa shape index (κ3) is 3.75. The van der Waals surface area contributed by atoms with Crippen LogP contribution in [0, 0.1) is 0 Å². The van der Waals surface area contributed by atoms with Crippen LogP contribution in [-0.4, -0.2) is 48.4 Å². The molecule has 2 aliphatic rings. The monoisotopic (exact) mass is 391 g/mol. The molecule has 2 amide bonds. The van der Waals surface area contributed by atoms with Gasteiger partial charge in [-0.25, -0.2) is 4.98 Å². The topological polar surface area (TPSA) is 62.7 Å². The second-order valence-electron chi connectivity index (χ2n) is 7.51. The van der Waals surface area contributed by atoms with Gasteiger partial charge in [0.25, 0.3) is 5.91 Å². The van der Waals surface area contributed by atoms with Crippen LogP contribution in [0.4, 0.5) is 5.69 Å². The predicted molar refractivity (Wildman–Crippen MR) is 111 cm³/mol. The maximum atomic E-state index is 13.1. The molecule has 1 aromatic carbocycles. The fourth-order valence-corrected chi connectivity index (χ4v) is 4.22. The summed E-state index contributed by atoms with van der Waals surface area (Å²) in [5, 5.41) is 0. The standard InChI is InChI=1S/C23H25N3O3/c1-3-22(27)26-11-4-5-16-13-17(6-8-20(16)26)23(28)25-12-10-19(15-25)18-7-9-21(29-2)24-14-18/h3,6-9,13-14,19H,1,4-5,10-12,15H2,2H3. The number of carbonyl (C=O) groups excluding carboxylic acids is 2. The highest BCUT2D eigenvalue weighted by atomic mass is 16.5. The number of benzene rings is 1. The van der Waals surface area contributed by atoms with Crippen molar-refractivity contribution in [1.29, 1.82) is 0 Å². The molecule has 29 heavy (non-hydrogen) atoms. The zero-order valence-electron chi connectivity index (χ0n) is 16.6. The van der Waals surface area contributed by atoms with Crippen LogP contribution in [0.2, 0.25) is 0 Å². The lowest BCUT2D eigenvalue weighted by molar-refractivity contribution is -0.114. The molecule has 1 atom stereocenters. The summed E-state index contributed by atoms with van der Waals surface area (Å²) >= 11 is 0. The number of methoxy groups -OCH3 is 1. The molecule has 6 nitrogen and oxygen atoms in total. The maximum Gasteiger partial charge on any atom is 0.253 e. The van der Waals surface area contributed by atoms with Gasteiger partial charge in [-0.1, -0.05) is 12.6 Å². The number of amides is 2. The number of hydrogen-bond donors (Lipinski definition) is 0. The van der Waals surface area contributed by atoms with Crippen molar-refractivity contribution in [1.82, 2.24) is 9.88 Å². The van der Waals surface area contributed by atoms with E-state index in [1.807, 2.05) is 41.4 Å². The normalized spacial score (nSPS) is 18.3. The minimum Gasteiger partial charge on any atom is -0.481 e. The van der Waals surface area contributed by atoms with Crippen molar-refractivity contribution in [2.45, 2.75) is 25.2 Å². The second-order valence-corrected chi connectivity index (χ2v) is 7.51. The molecule has 4 rings (SSSR count). The quantitative estimate of drug-likeness (QED) is 0.751. The number of pyridine rings is 1. The molecule has 2 aromatic rings. The zero-order valence-corrected chi connectivity index (χ0v) is 16.6. The van der Waals surface area contributed by atoms with E-state index in [0.29, 0.717) is 24.5 Å². The van der Waals surface area contributed by atoms with Gasteiger partial charge >= 0.3 is 0 Å². The van der Waals surface area contributed by atoms with E-state index in [9.17, 15) is 9.59 Å². The van der Waals surface area contributed by atoms with Crippen molar-refractivity contribution < 1.29 is 14.3 Å². The van der Waals surface area contributed by atoms with Crippen molar-refractivity contribution in [3.8, 4) is 5.88 Å². The average Bonchev–Trinajstić information content (AvgIpc) is 3.27. The summed E-state index contributed by atoms with van der Waals surface area (Å²) in [4.78, 5) is 33.1. The summed E-state index contributed by atoms with van der Waals surface area (Å²) in [7, 11) is 1.60. The Bertz CT molecular complexity index is 939. The van der Waals surface area contributed by atoms with Crippen LogP contribution in [0.3, 0.4) is 0 Å². The van der Waals surface area contributed by atoms with Gasteiger partial charge in [-0.05, 0) is 54.7 Å². The third-order valence-electron chi connectivity index (χ3n) is 5.80. The Balaban J connectivity index is 1.48. The largest absolute Gasteiger partial charge is 0.481 e. The van der Waals surface area contributed by atoms with E-state index in [-0.39, 0.29) is 17.7 Å². The molecule has 1 unspecified atom stereocenters. The predicted octanol–water partition coefficient (Wildman–Crippen LogP) is 3.19. The van der Waals surface area contributed by atoms with Gasteiger partial charge in [-0.2, -0.15) is 0 Å². The van der Waals surface area contributed by atoms with E-state index in [1.54, 1.807) is 12.0 Å². The molecular formula is C23H25N3O3. The van der Waals surface area contributed by atoms with Crippen LogP contribution in [0.5, 0.6) is 5.88 Å². The van der Waals surface area contributed by atoms with E-state index in [0.717, 1.165) is 42.6 Å². The molecule has 150 valence electrons. The Labute approximate surface area is 170 Å². The van der Waals surface area contributed by atoms with Gasteiger partial charge in [-0.15, -0.1) is 0 Å². The summed E-state index contributed by atoms with van der Waals surface area (Å²) < 4.78 is 5.12. The molecule has 1 saturated heterocycles. The number of carbonyl (C=O) groups is 2. The minimum absolute atomic E-state index is 0.0453. The van der Waals surface area contributed by atoms with E-state index < -0.39 is 0 Å². The molecule has 1 aromatic heterocycles. The molecule has 6 heteroatoms. The van der Waals surface area contributed by atoms with Crippen LogP contribution >= 0.6 is 0 Å². The fraction of sp³-hybridized carbons (Fsp3) is 0.348. The average molecular weight is 391 g/mol. The number of hydrogen-bond acceptors (Lipinski definition) is 4. The van der Waals surface area contributed by atoms with Gasteiger partial charge in [0, 0.05) is 49.1 Å². The zero-order chi connectivity index (χ0) is 20.4. The summed E-state index contributed by atoms with van der Waals surface area (Å²) in [5.74, 6) is 0.831. The summed E-state index contributed by atoms with van der Waals surface area (Å²) in [6.07, 6.45) is 5.86. The maximum absolute atomic E-state index is 13.1. The Hall–Kier alpha value is -3.15. The first-order valence-corrected chi connectivity index (χ1v) is 9.96. The first kappa shape index (κ1) is 19.2. The summed E-state index contributed by atoms with van der Waals surface area (Å²) in [6, 6.07) is 9.55. The van der Waals surface area contributed by atoms with Gasteiger partial charge in [0.15, 0.2) is 0 Å². The molecule has 0 saturated carbocycles. The number of aromatic nitrogens is 1. The lowest BCUT2D eigenvalue weighted by atomic mass is 9.98. The summed E-state index contributed by atoms with van der Waals surface area (Å²) in [5.41, 5.74) is 3.75. The molecule has 3 heterocycles. The van der Waals surface area contributed by atoms with E-state index in [4.69, 9.17) is 4.74 Å². The Morgan fingerprint density at radius 1 is 1.24 bits per heavy atom. The van der Waals surface area contributed by atoms with Crippen molar-refractivity contribution in [2.75, 3.05) is 31.6 Å². The SMILES string of the molecule is C=CC(=O)N1CCCc2cc(C(=O)N3CCC(c4ccc(OC)nc4)C3)ccc21. The van der Waals surface area contributed by atoms with Gasteiger partial charge in [0.1, 0.15) is 0 Å². The Morgan fingerprint density at radius 2 is 2.10 bits per heavy atom. The molecule has 0 radical (unpaired) electrons. The van der Waals surface area contributed by atoms with Crippen molar-refractivity contribution >= 4 is 17.5 Å². The molecule has 1 fully saturated rings. The first-order valence-electron chi connectivity index (χ1n) is 9.96. The molecule has 0 bridgehead atoms.